The molecule has 0 aliphatic heterocycles. The second-order valence-corrected chi connectivity index (χ2v) is 8.11. The van der Waals surface area contributed by atoms with Crippen molar-refractivity contribution >= 4 is 32.5 Å². The van der Waals surface area contributed by atoms with E-state index in [2.05, 4.69) is 4.98 Å². The smallest absolute Gasteiger partial charge is 0.210 e. The van der Waals surface area contributed by atoms with Crippen molar-refractivity contribution in [2.45, 2.75) is 16.3 Å². The Morgan fingerprint density at radius 3 is 2.50 bits per heavy atom. The molecule has 0 bridgehead atoms. The van der Waals surface area contributed by atoms with E-state index in [9.17, 15) is 8.42 Å². The third-order valence-corrected chi connectivity index (χ3v) is 5.77. The molecule has 0 spiro atoms. The molecule has 3 rings (SSSR count). The standard InChI is InChI=1S/C17H18ClN3O2S/c1-20(2)10-11-21-12-15(17-14(21)8-9-16(18)19-17)24(22,23)13-6-4-3-5-7-13/h3-9,12H,10-11H2,1-2H3. The van der Waals surface area contributed by atoms with E-state index >= 15 is 0 Å². The number of benzene rings is 1. The van der Waals surface area contributed by atoms with Gasteiger partial charge in [0.25, 0.3) is 0 Å². The summed E-state index contributed by atoms with van der Waals surface area (Å²) in [6, 6.07) is 11.9. The molecule has 7 heteroatoms. The Balaban J connectivity index is 2.19. The van der Waals surface area contributed by atoms with Crippen molar-refractivity contribution in [3.63, 3.8) is 0 Å². The Morgan fingerprint density at radius 1 is 1.12 bits per heavy atom. The number of sulfone groups is 1. The van der Waals surface area contributed by atoms with E-state index in [1.807, 2.05) is 29.6 Å². The summed E-state index contributed by atoms with van der Waals surface area (Å²) in [7, 11) is 0.294. The summed E-state index contributed by atoms with van der Waals surface area (Å²) in [5.74, 6) is 0. The van der Waals surface area contributed by atoms with E-state index in [4.69, 9.17) is 11.6 Å². The van der Waals surface area contributed by atoms with Crippen LogP contribution in [0.15, 0.2) is 58.5 Å². The van der Waals surface area contributed by atoms with Crippen LogP contribution in [0.5, 0.6) is 0 Å². The average molecular weight is 364 g/mol. The lowest BCUT2D eigenvalue weighted by atomic mass is 10.4. The number of rotatable bonds is 5. The molecule has 126 valence electrons. The van der Waals surface area contributed by atoms with Crippen molar-refractivity contribution in [1.29, 1.82) is 0 Å². The number of likely N-dealkylation sites (N-methyl/N-ethyl adjacent to an activating group) is 1. The molecule has 0 atom stereocenters. The van der Waals surface area contributed by atoms with Crippen LogP contribution in [0.2, 0.25) is 5.15 Å². The summed E-state index contributed by atoms with van der Waals surface area (Å²) in [5, 5.41) is 0.275. The molecule has 3 aromatic rings. The van der Waals surface area contributed by atoms with E-state index in [1.165, 1.54) is 0 Å². The minimum Gasteiger partial charge on any atom is -0.344 e. The Morgan fingerprint density at radius 2 is 1.83 bits per heavy atom. The lowest BCUT2D eigenvalue weighted by Gasteiger charge is -2.10. The number of halogens is 1. The van der Waals surface area contributed by atoms with Gasteiger partial charge in [-0.05, 0) is 38.4 Å². The minimum absolute atomic E-state index is 0.185. The fourth-order valence-electron chi connectivity index (χ4n) is 2.53. The third-order valence-electron chi connectivity index (χ3n) is 3.79. The second-order valence-electron chi connectivity index (χ2n) is 5.81. The lowest BCUT2D eigenvalue weighted by molar-refractivity contribution is 0.386. The van der Waals surface area contributed by atoms with Crippen molar-refractivity contribution < 1.29 is 8.42 Å². The molecular formula is C17H18ClN3O2S. The summed E-state index contributed by atoms with van der Waals surface area (Å²) in [6.07, 6.45) is 1.65. The predicted molar refractivity (Wildman–Crippen MR) is 95.2 cm³/mol. The van der Waals surface area contributed by atoms with Crippen molar-refractivity contribution in [3.05, 3.63) is 53.8 Å². The highest BCUT2D eigenvalue weighted by Crippen LogP contribution is 2.30. The highest BCUT2D eigenvalue weighted by Gasteiger charge is 2.24. The number of hydrogen-bond donors (Lipinski definition) is 0. The number of nitrogens with zero attached hydrogens (tertiary/aromatic N) is 3. The molecule has 24 heavy (non-hydrogen) atoms. The summed E-state index contributed by atoms with van der Waals surface area (Å²) in [5.41, 5.74) is 1.17. The van der Waals surface area contributed by atoms with Crippen molar-refractivity contribution in [1.82, 2.24) is 14.5 Å². The fraction of sp³-hybridized carbons (Fsp3) is 0.235. The summed E-state index contributed by atoms with van der Waals surface area (Å²) < 4.78 is 27.9. The van der Waals surface area contributed by atoms with Gasteiger partial charge in [-0.15, -0.1) is 0 Å². The molecular weight excluding hydrogens is 346 g/mol. The van der Waals surface area contributed by atoms with Gasteiger partial charge in [0, 0.05) is 19.3 Å². The van der Waals surface area contributed by atoms with Crippen molar-refractivity contribution in [2.24, 2.45) is 0 Å². The zero-order valence-electron chi connectivity index (χ0n) is 13.5. The Hall–Kier alpha value is -1.89. The molecule has 0 saturated heterocycles. The van der Waals surface area contributed by atoms with Gasteiger partial charge in [-0.2, -0.15) is 0 Å². The van der Waals surface area contributed by atoms with Gasteiger partial charge in [0.15, 0.2) is 0 Å². The molecule has 0 radical (unpaired) electrons. The van der Waals surface area contributed by atoms with Gasteiger partial charge in [-0.25, -0.2) is 13.4 Å². The maximum atomic E-state index is 13.0. The van der Waals surface area contributed by atoms with E-state index in [0.717, 1.165) is 12.1 Å². The normalized spacial score (nSPS) is 12.2. The second kappa shape index (κ2) is 6.55. The molecule has 0 fully saturated rings. The molecule has 0 unspecified atom stereocenters. The predicted octanol–water partition coefficient (Wildman–Crippen LogP) is 3.08. The molecule has 1 aromatic carbocycles. The number of hydrogen-bond acceptors (Lipinski definition) is 4. The first-order chi connectivity index (χ1) is 11.4. The first kappa shape index (κ1) is 17.0. The lowest BCUT2D eigenvalue weighted by Crippen LogP contribution is -2.18. The Kier molecular flexibility index (Phi) is 4.62. The minimum atomic E-state index is -3.66. The average Bonchev–Trinajstić information content (AvgIpc) is 2.92. The number of fused-ring (bicyclic) bond motifs is 1. The molecule has 5 nitrogen and oxygen atoms in total. The summed E-state index contributed by atoms with van der Waals surface area (Å²) in [6.45, 7) is 1.45. The van der Waals surface area contributed by atoms with Crippen molar-refractivity contribution in [2.75, 3.05) is 20.6 Å². The zero-order valence-corrected chi connectivity index (χ0v) is 15.0. The third kappa shape index (κ3) is 3.17. The molecule has 2 aromatic heterocycles. The number of aromatic nitrogens is 2. The molecule has 0 aliphatic carbocycles. The molecule has 0 N–H and O–H groups in total. The van der Waals surface area contributed by atoms with Crippen LogP contribution in [0.1, 0.15) is 0 Å². The van der Waals surface area contributed by atoms with Crippen LogP contribution < -0.4 is 0 Å². The summed E-state index contributed by atoms with van der Waals surface area (Å²) in [4.78, 5) is 6.74. The molecule has 0 saturated carbocycles. The van der Waals surface area contributed by atoms with Gasteiger partial charge < -0.3 is 9.47 Å². The maximum Gasteiger partial charge on any atom is 0.210 e. The highest BCUT2D eigenvalue weighted by atomic mass is 35.5. The van der Waals surface area contributed by atoms with Crippen LogP contribution in [0.4, 0.5) is 0 Å². The van der Waals surface area contributed by atoms with E-state index < -0.39 is 9.84 Å². The van der Waals surface area contributed by atoms with E-state index in [1.54, 1.807) is 42.6 Å². The van der Waals surface area contributed by atoms with Crippen LogP contribution in [0.25, 0.3) is 11.0 Å². The van der Waals surface area contributed by atoms with Crippen LogP contribution in [-0.2, 0) is 16.4 Å². The molecule has 0 aliphatic rings. The number of pyridine rings is 1. The SMILES string of the molecule is CN(C)CCn1cc(S(=O)(=O)c2ccccc2)c2nc(Cl)ccc21. The highest BCUT2D eigenvalue weighted by molar-refractivity contribution is 7.91. The quantitative estimate of drug-likeness (QED) is 0.654. The van der Waals surface area contributed by atoms with Crippen LogP contribution in [-0.4, -0.2) is 43.5 Å². The summed E-state index contributed by atoms with van der Waals surface area (Å²) >= 11 is 6.00. The largest absolute Gasteiger partial charge is 0.344 e. The first-order valence-electron chi connectivity index (χ1n) is 7.50. The monoisotopic (exact) mass is 363 g/mol. The van der Waals surface area contributed by atoms with Crippen LogP contribution >= 0.6 is 11.6 Å². The van der Waals surface area contributed by atoms with Gasteiger partial charge >= 0.3 is 0 Å². The van der Waals surface area contributed by atoms with Gasteiger partial charge in [-0.3, -0.25) is 0 Å². The fourth-order valence-corrected chi connectivity index (χ4v) is 4.12. The van der Waals surface area contributed by atoms with Crippen LogP contribution in [0, 0.1) is 0 Å². The topological polar surface area (TPSA) is 55.2 Å². The zero-order chi connectivity index (χ0) is 17.3. The maximum absolute atomic E-state index is 13.0. The Bertz CT molecular complexity index is 966. The Labute approximate surface area is 146 Å². The van der Waals surface area contributed by atoms with Crippen LogP contribution in [0.3, 0.4) is 0 Å². The van der Waals surface area contributed by atoms with Gasteiger partial charge in [0.1, 0.15) is 15.6 Å². The van der Waals surface area contributed by atoms with Gasteiger partial charge in [0.05, 0.1) is 10.4 Å². The van der Waals surface area contributed by atoms with Gasteiger partial charge in [0.2, 0.25) is 9.84 Å². The van der Waals surface area contributed by atoms with E-state index in [-0.39, 0.29) is 14.9 Å². The molecule has 2 heterocycles. The van der Waals surface area contributed by atoms with Crippen molar-refractivity contribution in [3.8, 4) is 0 Å². The van der Waals surface area contributed by atoms with Gasteiger partial charge in [-0.1, -0.05) is 29.8 Å². The molecule has 0 amide bonds. The first-order valence-corrected chi connectivity index (χ1v) is 9.36. The van der Waals surface area contributed by atoms with E-state index in [0.29, 0.717) is 12.1 Å².